The zero-order valence-electron chi connectivity index (χ0n) is 12.8. The Morgan fingerprint density at radius 1 is 1.55 bits per heavy atom. The van der Waals surface area contributed by atoms with Crippen molar-refractivity contribution < 1.29 is 17.2 Å². The van der Waals surface area contributed by atoms with Crippen molar-refractivity contribution in [1.29, 1.82) is 0 Å². The van der Waals surface area contributed by atoms with Crippen molar-refractivity contribution in [3.63, 3.8) is 0 Å². The van der Waals surface area contributed by atoms with Crippen LogP contribution in [-0.4, -0.2) is 18.6 Å². The van der Waals surface area contributed by atoms with Crippen LogP contribution in [0.1, 0.15) is 59.8 Å². The van der Waals surface area contributed by atoms with Crippen molar-refractivity contribution in [2.24, 2.45) is 5.92 Å². The first-order chi connectivity index (χ1) is 9.12. The van der Waals surface area contributed by atoms with Crippen LogP contribution in [0.15, 0.2) is 23.3 Å². The van der Waals surface area contributed by atoms with E-state index in [4.69, 9.17) is 8.74 Å². The molecule has 0 fully saturated rings. The summed E-state index contributed by atoms with van der Waals surface area (Å²) in [4.78, 5) is 0. The average Bonchev–Trinajstić information content (AvgIpc) is 2.26. The van der Waals surface area contributed by atoms with Gasteiger partial charge in [0.05, 0.1) is 5.60 Å². The fourth-order valence-corrected chi connectivity index (χ4v) is 3.42. The van der Waals surface area contributed by atoms with E-state index in [1.54, 1.807) is 6.92 Å². The lowest BCUT2D eigenvalue weighted by atomic mass is 9.76. The summed E-state index contributed by atoms with van der Waals surface area (Å²) in [5.41, 5.74) is 1.68. The van der Waals surface area contributed by atoms with E-state index in [9.17, 15) is 8.42 Å². The van der Waals surface area contributed by atoms with Crippen LogP contribution in [0.2, 0.25) is 0 Å². The Morgan fingerprint density at radius 3 is 2.65 bits per heavy atom. The third-order valence-corrected chi connectivity index (χ3v) is 4.58. The van der Waals surface area contributed by atoms with E-state index in [1.165, 1.54) is 11.1 Å². The van der Waals surface area contributed by atoms with E-state index in [0.717, 1.165) is 25.7 Å². The van der Waals surface area contributed by atoms with Gasteiger partial charge in [-0.25, -0.2) is 4.18 Å². The van der Waals surface area contributed by atoms with Gasteiger partial charge in [0.15, 0.2) is 0 Å². The highest BCUT2D eigenvalue weighted by molar-refractivity contribution is 7.80. The maximum atomic E-state index is 11.2. The molecule has 1 aliphatic carbocycles. The molecule has 20 heavy (non-hydrogen) atoms. The molecule has 0 unspecified atom stereocenters. The molecule has 0 spiro atoms. The minimum Gasteiger partial charge on any atom is -0.264 e. The molecule has 0 amide bonds. The molecule has 0 aromatic carbocycles. The fraction of sp³-hybridized carbons (Fsp3) is 0.733. The zero-order valence-corrected chi connectivity index (χ0v) is 13.7. The molecule has 0 heterocycles. The summed E-state index contributed by atoms with van der Waals surface area (Å²) in [6.45, 7) is 7.89. The quantitative estimate of drug-likeness (QED) is 0.593. The standard InChI is InChI=1S/C15H26O4S/c1-12(2)6-5-11-15(4,19-20(16,17)18)14-9-7-13(3)8-10-14/h6-7,14H,5,8-11H2,1-4H3,(H,16,17,18)/t14-,15+/m0/s1. The van der Waals surface area contributed by atoms with Crippen molar-refractivity contribution in [3.05, 3.63) is 23.3 Å². The van der Waals surface area contributed by atoms with Gasteiger partial charge in [-0.3, -0.25) is 4.55 Å². The van der Waals surface area contributed by atoms with Gasteiger partial charge in [-0.15, -0.1) is 0 Å². The van der Waals surface area contributed by atoms with Gasteiger partial charge < -0.3 is 0 Å². The predicted octanol–water partition coefficient (Wildman–Crippen LogP) is 4.06. The van der Waals surface area contributed by atoms with Gasteiger partial charge in [-0.1, -0.05) is 23.3 Å². The molecule has 1 N–H and O–H groups in total. The van der Waals surface area contributed by atoms with E-state index >= 15 is 0 Å². The molecule has 4 nitrogen and oxygen atoms in total. The van der Waals surface area contributed by atoms with Gasteiger partial charge in [-0.05, 0) is 65.7 Å². The van der Waals surface area contributed by atoms with E-state index in [1.807, 2.05) is 13.8 Å². The Kier molecular flexibility index (Phi) is 5.98. The van der Waals surface area contributed by atoms with Crippen LogP contribution in [0.25, 0.3) is 0 Å². The van der Waals surface area contributed by atoms with Crippen LogP contribution in [0.3, 0.4) is 0 Å². The molecule has 0 aromatic rings. The molecule has 0 aliphatic heterocycles. The molecule has 0 saturated heterocycles. The van der Waals surface area contributed by atoms with Crippen LogP contribution >= 0.6 is 0 Å². The lowest BCUT2D eigenvalue weighted by Crippen LogP contribution is -2.40. The first-order valence-electron chi connectivity index (χ1n) is 7.09. The number of allylic oxidation sites excluding steroid dienone is 4. The first kappa shape index (κ1) is 17.4. The summed E-state index contributed by atoms with van der Waals surface area (Å²) in [5.74, 6) is 0.110. The van der Waals surface area contributed by atoms with Crippen molar-refractivity contribution in [3.8, 4) is 0 Å². The Bertz CT molecular complexity index is 486. The van der Waals surface area contributed by atoms with Crippen LogP contribution in [0.5, 0.6) is 0 Å². The molecular weight excluding hydrogens is 276 g/mol. The molecule has 2 atom stereocenters. The summed E-state index contributed by atoms with van der Waals surface area (Å²) >= 11 is 0. The highest BCUT2D eigenvalue weighted by Gasteiger charge is 2.38. The Hall–Kier alpha value is -0.650. The van der Waals surface area contributed by atoms with Crippen LogP contribution < -0.4 is 0 Å². The molecule has 0 radical (unpaired) electrons. The van der Waals surface area contributed by atoms with E-state index in [0.29, 0.717) is 6.42 Å². The third kappa shape index (κ3) is 5.77. The maximum Gasteiger partial charge on any atom is 0.397 e. The summed E-state index contributed by atoms with van der Waals surface area (Å²) in [5, 5.41) is 0. The molecule has 116 valence electrons. The smallest absolute Gasteiger partial charge is 0.264 e. The Labute approximate surface area is 122 Å². The maximum absolute atomic E-state index is 11.2. The summed E-state index contributed by atoms with van der Waals surface area (Å²) in [7, 11) is -4.44. The van der Waals surface area contributed by atoms with Gasteiger partial charge in [0.2, 0.25) is 0 Å². The Morgan fingerprint density at radius 2 is 2.20 bits per heavy atom. The van der Waals surface area contributed by atoms with E-state index in [2.05, 4.69) is 19.1 Å². The second-order valence-electron chi connectivity index (χ2n) is 6.17. The number of hydrogen-bond acceptors (Lipinski definition) is 3. The zero-order chi connectivity index (χ0) is 15.4. The van der Waals surface area contributed by atoms with Crippen LogP contribution in [-0.2, 0) is 14.6 Å². The molecule has 0 aromatic heterocycles. The molecule has 0 saturated carbocycles. The molecule has 0 bridgehead atoms. The van der Waals surface area contributed by atoms with Crippen LogP contribution in [0.4, 0.5) is 0 Å². The topological polar surface area (TPSA) is 63.6 Å². The number of hydrogen-bond donors (Lipinski definition) is 1. The van der Waals surface area contributed by atoms with Crippen molar-refractivity contribution in [1.82, 2.24) is 0 Å². The van der Waals surface area contributed by atoms with E-state index < -0.39 is 16.0 Å². The summed E-state index contributed by atoms with van der Waals surface area (Å²) in [6, 6.07) is 0. The summed E-state index contributed by atoms with van der Waals surface area (Å²) < 4.78 is 36.4. The second kappa shape index (κ2) is 6.87. The molecule has 5 heteroatoms. The summed E-state index contributed by atoms with van der Waals surface area (Å²) in [6.07, 6.45) is 8.17. The molecule has 1 rings (SSSR count). The van der Waals surface area contributed by atoms with Gasteiger partial charge in [0, 0.05) is 0 Å². The number of rotatable bonds is 6. The van der Waals surface area contributed by atoms with Crippen molar-refractivity contribution >= 4 is 10.4 Å². The predicted molar refractivity (Wildman–Crippen MR) is 80.8 cm³/mol. The minimum absolute atomic E-state index is 0.110. The third-order valence-electron chi connectivity index (χ3n) is 3.99. The largest absolute Gasteiger partial charge is 0.397 e. The van der Waals surface area contributed by atoms with Gasteiger partial charge in [-0.2, -0.15) is 8.42 Å². The van der Waals surface area contributed by atoms with Crippen molar-refractivity contribution in [2.45, 2.75) is 65.4 Å². The minimum atomic E-state index is -4.44. The first-order valence-corrected chi connectivity index (χ1v) is 8.46. The monoisotopic (exact) mass is 302 g/mol. The van der Waals surface area contributed by atoms with Gasteiger partial charge in [0.25, 0.3) is 0 Å². The molecule has 1 aliphatic rings. The second-order valence-corrected chi connectivity index (χ2v) is 7.19. The molecular formula is C15H26O4S. The van der Waals surface area contributed by atoms with Crippen molar-refractivity contribution in [2.75, 3.05) is 0 Å². The average molecular weight is 302 g/mol. The highest BCUT2D eigenvalue weighted by atomic mass is 32.3. The lowest BCUT2D eigenvalue weighted by molar-refractivity contribution is 0.00941. The fourth-order valence-electron chi connectivity index (χ4n) is 2.72. The SMILES string of the molecule is CC(C)=CCC[C@@](C)(OS(=O)(=O)O)[C@H]1CC=C(C)CC1. The van der Waals surface area contributed by atoms with E-state index in [-0.39, 0.29) is 5.92 Å². The highest BCUT2D eigenvalue weighted by Crippen LogP contribution is 2.38. The normalized spacial score (nSPS) is 22.9. The Balaban J connectivity index is 2.86. The van der Waals surface area contributed by atoms with Crippen LogP contribution in [0, 0.1) is 5.92 Å². The lowest BCUT2D eigenvalue weighted by Gasteiger charge is -2.37. The van der Waals surface area contributed by atoms with Gasteiger partial charge in [0.1, 0.15) is 0 Å². The van der Waals surface area contributed by atoms with Gasteiger partial charge >= 0.3 is 10.4 Å².